The summed E-state index contributed by atoms with van der Waals surface area (Å²) in [6.07, 6.45) is 15.4. The lowest BCUT2D eigenvalue weighted by atomic mass is 9.78. The van der Waals surface area contributed by atoms with Crippen molar-refractivity contribution in [2.24, 2.45) is 11.8 Å². The highest BCUT2D eigenvalue weighted by molar-refractivity contribution is 5.91. The first kappa shape index (κ1) is 25.3. The lowest BCUT2D eigenvalue weighted by Crippen LogP contribution is -2.15. The molecule has 2 aromatic carbocycles. The van der Waals surface area contributed by atoms with E-state index in [4.69, 9.17) is 9.47 Å². The normalized spacial score (nSPS) is 18.1. The van der Waals surface area contributed by atoms with Gasteiger partial charge in [-0.05, 0) is 73.1 Å². The van der Waals surface area contributed by atoms with Crippen molar-refractivity contribution in [2.75, 3.05) is 6.61 Å². The highest BCUT2D eigenvalue weighted by Gasteiger charge is 2.20. The van der Waals surface area contributed by atoms with E-state index in [1.807, 2.05) is 24.3 Å². The van der Waals surface area contributed by atoms with Gasteiger partial charge in [-0.3, -0.25) is 0 Å². The zero-order chi connectivity index (χ0) is 23.3. The molecule has 180 valence electrons. The third kappa shape index (κ3) is 8.87. The fourth-order valence-electron chi connectivity index (χ4n) is 4.88. The molecule has 1 fully saturated rings. The van der Waals surface area contributed by atoms with E-state index in [0.717, 1.165) is 37.0 Å². The van der Waals surface area contributed by atoms with Crippen molar-refractivity contribution in [1.82, 2.24) is 0 Å². The molecule has 33 heavy (non-hydrogen) atoms. The van der Waals surface area contributed by atoms with Gasteiger partial charge < -0.3 is 9.47 Å². The Labute approximate surface area is 200 Å². The van der Waals surface area contributed by atoms with Crippen LogP contribution in [0.25, 0.3) is 0 Å². The fourth-order valence-corrected chi connectivity index (χ4v) is 4.88. The molecule has 3 heteroatoms. The number of carbonyl (C=O) groups excluding carboxylic acids is 1. The minimum atomic E-state index is -0.332. The van der Waals surface area contributed by atoms with Crippen LogP contribution >= 0.6 is 0 Å². The fraction of sp³-hybridized carbons (Fsp3) is 0.567. The minimum Gasteiger partial charge on any atom is -0.494 e. The van der Waals surface area contributed by atoms with Crippen LogP contribution in [0.3, 0.4) is 0 Å². The first-order chi connectivity index (χ1) is 16.2. The Morgan fingerprint density at radius 1 is 0.758 bits per heavy atom. The molecule has 2 aromatic rings. The second-order valence-electron chi connectivity index (χ2n) is 9.68. The van der Waals surface area contributed by atoms with Crippen molar-refractivity contribution in [2.45, 2.75) is 90.9 Å². The molecule has 0 aliphatic heterocycles. The number of benzene rings is 2. The van der Waals surface area contributed by atoms with Gasteiger partial charge in [0.15, 0.2) is 0 Å². The van der Waals surface area contributed by atoms with E-state index in [1.54, 1.807) is 12.1 Å². The summed E-state index contributed by atoms with van der Waals surface area (Å²) in [7, 11) is 0. The summed E-state index contributed by atoms with van der Waals surface area (Å²) in [5.41, 5.74) is 1.86. The predicted octanol–water partition coefficient (Wildman–Crippen LogP) is 8.40. The number of aryl methyl sites for hydroxylation is 1. The number of carbonyl (C=O) groups is 1. The predicted molar refractivity (Wildman–Crippen MR) is 136 cm³/mol. The number of ether oxygens (including phenoxy) is 2. The lowest BCUT2D eigenvalue weighted by molar-refractivity contribution is 0.0734. The van der Waals surface area contributed by atoms with Crippen molar-refractivity contribution >= 4 is 5.97 Å². The number of hydrogen-bond acceptors (Lipinski definition) is 3. The van der Waals surface area contributed by atoms with Crippen LogP contribution in [0.5, 0.6) is 11.5 Å². The van der Waals surface area contributed by atoms with Gasteiger partial charge >= 0.3 is 5.97 Å². The molecule has 3 nitrogen and oxygen atoms in total. The molecule has 0 bridgehead atoms. The standard InChI is InChI=1S/C30H42O3/c1-3-5-6-7-23-32-28-21-17-27(18-22-28)30(31)33-29-19-15-26(16-20-29)14-13-25-11-9-24(8-4-2)10-12-25/h15-22,24-25H,3-14,23H2,1-2H3/t24-,25-. The molecule has 0 atom stereocenters. The molecular formula is C30H42O3. The van der Waals surface area contributed by atoms with Gasteiger partial charge in [-0.15, -0.1) is 0 Å². The molecule has 1 aliphatic carbocycles. The van der Waals surface area contributed by atoms with Crippen LogP contribution in [0.2, 0.25) is 0 Å². The molecule has 3 rings (SSSR count). The second-order valence-corrected chi connectivity index (χ2v) is 9.68. The molecule has 0 saturated heterocycles. The van der Waals surface area contributed by atoms with Crippen molar-refractivity contribution in [3.8, 4) is 11.5 Å². The summed E-state index contributed by atoms with van der Waals surface area (Å²) in [5.74, 6) is 2.91. The van der Waals surface area contributed by atoms with E-state index in [9.17, 15) is 4.79 Å². The molecule has 1 aliphatic rings. The molecule has 0 heterocycles. The first-order valence-electron chi connectivity index (χ1n) is 13.2. The Balaban J connectivity index is 1.39. The summed E-state index contributed by atoms with van der Waals surface area (Å²) in [4.78, 5) is 12.5. The van der Waals surface area contributed by atoms with Gasteiger partial charge in [0.25, 0.3) is 0 Å². The van der Waals surface area contributed by atoms with Gasteiger partial charge in [0.05, 0.1) is 12.2 Å². The third-order valence-corrected chi connectivity index (χ3v) is 7.00. The van der Waals surface area contributed by atoms with Crippen LogP contribution < -0.4 is 9.47 Å². The SMILES string of the molecule is CCCCCCOc1ccc(C(=O)Oc2ccc(CC[C@H]3CC[C@H](CCC)CC3)cc2)cc1. The average Bonchev–Trinajstić information content (AvgIpc) is 2.85. The molecule has 0 unspecified atom stereocenters. The number of esters is 1. The van der Waals surface area contributed by atoms with Gasteiger partial charge in [-0.1, -0.05) is 83.8 Å². The maximum Gasteiger partial charge on any atom is 0.343 e. The number of unbranched alkanes of at least 4 members (excludes halogenated alkanes) is 3. The van der Waals surface area contributed by atoms with Gasteiger partial charge in [-0.25, -0.2) is 4.79 Å². The Hall–Kier alpha value is -2.29. The highest BCUT2D eigenvalue weighted by atomic mass is 16.5. The van der Waals surface area contributed by atoms with E-state index < -0.39 is 0 Å². The first-order valence-corrected chi connectivity index (χ1v) is 13.2. The Morgan fingerprint density at radius 3 is 2.03 bits per heavy atom. The molecule has 0 aromatic heterocycles. The van der Waals surface area contributed by atoms with E-state index >= 15 is 0 Å². The summed E-state index contributed by atoms with van der Waals surface area (Å²) in [5, 5.41) is 0. The average molecular weight is 451 g/mol. The number of rotatable bonds is 13. The molecule has 1 saturated carbocycles. The zero-order valence-corrected chi connectivity index (χ0v) is 20.7. The molecule has 0 N–H and O–H groups in total. The Bertz CT molecular complexity index is 801. The van der Waals surface area contributed by atoms with Gasteiger partial charge in [0.1, 0.15) is 11.5 Å². The topological polar surface area (TPSA) is 35.5 Å². The van der Waals surface area contributed by atoms with E-state index in [2.05, 4.69) is 26.0 Å². The van der Waals surface area contributed by atoms with Gasteiger partial charge in [0.2, 0.25) is 0 Å². The highest BCUT2D eigenvalue weighted by Crippen LogP contribution is 2.34. The maximum atomic E-state index is 12.5. The minimum absolute atomic E-state index is 0.332. The largest absolute Gasteiger partial charge is 0.494 e. The van der Waals surface area contributed by atoms with Crippen LogP contribution in [0.1, 0.15) is 100 Å². The zero-order valence-electron chi connectivity index (χ0n) is 20.7. The van der Waals surface area contributed by atoms with Crippen molar-refractivity contribution < 1.29 is 14.3 Å². The lowest BCUT2D eigenvalue weighted by Gasteiger charge is -2.28. The number of hydrogen-bond donors (Lipinski definition) is 0. The monoisotopic (exact) mass is 450 g/mol. The van der Waals surface area contributed by atoms with E-state index in [-0.39, 0.29) is 5.97 Å². The van der Waals surface area contributed by atoms with Crippen LogP contribution in [-0.2, 0) is 6.42 Å². The smallest absolute Gasteiger partial charge is 0.343 e. The van der Waals surface area contributed by atoms with Crippen LogP contribution in [0, 0.1) is 11.8 Å². The van der Waals surface area contributed by atoms with E-state index in [1.165, 1.54) is 69.8 Å². The van der Waals surface area contributed by atoms with Crippen molar-refractivity contribution in [1.29, 1.82) is 0 Å². The Morgan fingerprint density at radius 2 is 1.39 bits per heavy atom. The van der Waals surface area contributed by atoms with Crippen LogP contribution in [-0.4, -0.2) is 12.6 Å². The second kappa shape index (κ2) is 14.1. The Kier molecular flexibility index (Phi) is 10.8. The summed E-state index contributed by atoms with van der Waals surface area (Å²) in [6.45, 7) is 5.22. The molecular weight excluding hydrogens is 408 g/mol. The summed E-state index contributed by atoms with van der Waals surface area (Å²) in [6, 6.07) is 15.3. The van der Waals surface area contributed by atoms with Crippen molar-refractivity contribution in [3.63, 3.8) is 0 Å². The van der Waals surface area contributed by atoms with Crippen LogP contribution in [0.15, 0.2) is 48.5 Å². The third-order valence-electron chi connectivity index (χ3n) is 7.00. The van der Waals surface area contributed by atoms with Gasteiger partial charge in [-0.2, -0.15) is 0 Å². The maximum absolute atomic E-state index is 12.5. The summed E-state index contributed by atoms with van der Waals surface area (Å²) < 4.78 is 11.3. The quantitative estimate of drug-likeness (QED) is 0.175. The van der Waals surface area contributed by atoms with Crippen LogP contribution in [0.4, 0.5) is 0 Å². The van der Waals surface area contributed by atoms with E-state index in [0.29, 0.717) is 11.3 Å². The molecule has 0 amide bonds. The molecule has 0 spiro atoms. The van der Waals surface area contributed by atoms with Crippen molar-refractivity contribution in [3.05, 3.63) is 59.7 Å². The molecule has 0 radical (unpaired) electrons. The summed E-state index contributed by atoms with van der Waals surface area (Å²) >= 11 is 0. The van der Waals surface area contributed by atoms with Gasteiger partial charge in [0, 0.05) is 0 Å².